The van der Waals surface area contributed by atoms with Gasteiger partial charge in [0.15, 0.2) is 9.84 Å². The first-order valence-electron chi connectivity index (χ1n) is 9.13. The van der Waals surface area contributed by atoms with E-state index in [-0.39, 0.29) is 10.8 Å². The van der Waals surface area contributed by atoms with E-state index in [1.807, 2.05) is 30.3 Å². The molecule has 152 valence electrons. The van der Waals surface area contributed by atoms with Crippen LogP contribution >= 0.6 is 0 Å². The standard InChI is InChI=1S/C21H23N3O4S/c1-24(12-7-13-28-17-10-6-11-18(14-17)29(2,26)27)21(25)19-15-22-23-20(19)16-8-4-3-5-9-16/h3-6,8-11,14-15H,7,12-13H2,1-2H3,(H,22,23). The molecule has 3 aromatic rings. The van der Waals surface area contributed by atoms with Crippen molar-refractivity contribution >= 4 is 15.7 Å². The van der Waals surface area contributed by atoms with Gasteiger partial charge in [0.1, 0.15) is 5.75 Å². The van der Waals surface area contributed by atoms with Gasteiger partial charge in [0.2, 0.25) is 0 Å². The number of sulfone groups is 1. The van der Waals surface area contributed by atoms with Crippen molar-refractivity contribution in [3.05, 3.63) is 66.4 Å². The topological polar surface area (TPSA) is 92.4 Å². The molecule has 1 aromatic heterocycles. The Kier molecular flexibility index (Phi) is 6.33. The largest absolute Gasteiger partial charge is 0.493 e. The zero-order valence-electron chi connectivity index (χ0n) is 16.3. The smallest absolute Gasteiger partial charge is 0.257 e. The summed E-state index contributed by atoms with van der Waals surface area (Å²) in [7, 11) is -1.54. The second kappa shape index (κ2) is 8.91. The minimum absolute atomic E-state index is 0.128. The summed E-state index contributed by atoms with van der Waals surface area (Å²) in [6.07, 6.45) is 3.30. The summed E-state index contributed by atoms with van der Waals surface area (Å²) in [5, 5.41) is 6.91. The van der Waals surface area contributed by atoms with Crippen molar-refractivity contribution < 1.29 is 17.9 Å². The molecule has 0 saturated carbocycles. The van der Waals surface area contributed by atoms with E-state index >= 15 is 0 Å². The Morgan fingerprint density at radius 1 is 1.14 bits per heavy atom. The zero-order valence-corrected chi connectivity index (χ0v) is 17.1. The Morgan fingerprint density at radius 3 is 2.62 bits per heavy atom. The van der Waals surface area contributed by atoms with Gasteiger partial charge >= 0.3 is 0 Å². The summed E-state index contributed by atoms with van der Waals surface area (Å²) in [4.78, 5) is 14.6. The molecule has 0 atom stereocenters. The van der Waals surface area contributed by atoms with Crippen LogP contribution in [0.2, 0.25) is 0 Å². The number of rotatable bonds is 8. The number of nitrogens with one attached hydrogen (secondary N) is 1. The quantitative estimate of drug-likeness (QED) is 0.573. The Bertz CT molecular complexity index is 1080. The van der Waals surface area contributed by atoms with E-state index in [1.165, 1.54) is 18.3 Å². The maximum absolute atomic E-state index is 12.8. The molecule has 0 fully saturated rings. The summed E-state index contributed by atoms with van der Waals surface area (Å²) in [6.45, 7) is 0.853. The highest BCUT2D eigenvalue weighted by atomic mass is 32.2. The molecular weight excluding hydrogens is 390 g/mol. The van der Waals surface area contributed by atoms with E-state index in [4.69, 9.17) is 4.74 Å². The molecule has 3 rings (SSSR count). The average molecular weight is 413 g/mol. The van der Waals surface area contributed by atoms with Crippen LogP contribution in [0.3, 0.4) is 0 Å². The van der Waals surface area contributed by atoms with Gasteiger partial charge in [-0.25, -0.2) is 8.42 Å². The van der Waals surface area contributed by atoms with Crippen molar-refractivity contribution in [3.63, 3.8) is 0 Å². The molecule has 1 N–H and O–H groups in total. The molecule has 7 nitrogen and oxygen atoms in total. The highest BCUT2D eigenvalue weighted by molar-refractivity contribution is 7.90. The van der Waals surface area contributed by atoms with E-state index < -0.39 is 9.84 Å². The Hall–Kier alpha value is -3.13. The molecule has 0 saturated heterocycles. The number of hydrogen-bond acceptors (Lipinski definition) is 5. The Balaban J connectivity index is 1.55. The van der Waals surface area contributed by atoms with Gasteiger partial charge < -0.3 is 9.64 Å². The van der Waals surface area contributed by atoms with Gasteiger partial charge in [0, 0.05) is 25.4 Å². The number of benzene rings is 2. The van der Waals surface area contributed by atoms with Crippen LogP contribution in [0.5, 0.6) is 5.75 Å². The third-order valence-corrected chi connectivity index (χ3v) is 5.53. The summed E-state index contributed by atoms with van der Waals surface area (Å²) >= 11 is 0. The van der Waals surface area contributed by atoms with Gasteiger partial charge in [-0.2, -0.15) is 5.10 Å². The second-order valence-corrected chi connectivity index (χ2v) is 8.72. The molecule has 0 aliphatic heterocycles. The lowest BCUT2D eigenvalue weighted by molar-refractivity contribution is 0.0788. The van der Waals surface area contributed by atoms with E-state index in [0.717, 1.165) is 11.8 Å². The lowest BCUT2D eigenvalue weighted by atomic mass is 10.1. The van der Waals surface area contributed by atoms with Crippen LogP contribution in [0.4, 0.5) is 0 Å². The van der Waals surface area contributed by atoms with Gasteiger partial charge in [-0.15, -0.1) is 0 Å². The lowest BCUT2D eigenvalue weighted by Gasteiger charge is -2.17. The highest BCUT2D eigenvalue weighted by Crippen LogP contribution is 2.22. The van der Waals surface area contributed by atoms with Gasteiger partial charge in [-0.3, -0.25) is 9.89 Å². The van der Waals surface area contributed by atoms with Crippen LogP contribution in [0, 0.1) is 0 Å². The van der Waals surface area contributed by atoms with Crippen LogP contribution < -0.4 is 4.74 Å². The molecule has 0 unspecified atom stereocenters. The van der Waals surface area contributed by atoms with Gasteiger partial charge in [-0.1, -0.05) is 36.4 Å². The average Bonchev–Trinajstić information content (AvgIpc) is 3.20. The molecule has 0 spiro atoms. The Labute approximate surface area is 170 Å². The van der Waals surface area contributed by atoms with Crippen LogP contribution in [0.15, 0.2) is 65.7 Å². The normalized spacial score (nSPS) is 11.2. The molecule has 29 heavy (non-hydrogen) atoms. The SMILES string of the molecule is CN(CCCOc1cccc(S(C)(=O)=O)c1)C(=O)c1cn[nH]c1-c1ccccc1. The number of hydrogen-bond donors (Lipinski definition) is 1. The van der Waals surface area contributed by atoms with E-state index in [9.17, 15) is 13.2 Å². The zero-order chi connectivity index (χ0) is 20.9. The van der Waals surface area contributed by atoms with Crippen LogP contribution in [-0.2, 0) is 9.84 Å². The van der Waals surface area contributed by atoms with Crippen LogP contribution in [0.1, 0.15) is 16.8 Å². The van der Waals surface area contributed by atoms with Gasteiger partial charge in [-0.05, 0) is 24.6 Å². The fourth-order valence-corrected chi connectivity index (χ4v) is 3.52. The molecule has 8 heteroatoms. The molecule has 0 radical (unpaired) electrons. The van der Waals surface area contributed by atoms with Crippen molar-refractivity contribution in [2.75, 3.05) is 26.5 Å². The van der Waals surface area contributed by atoms with Crippen molar-refractivity contribution in [1.29, 1.82) is 0 Å². The number of aromatic nitrogens is 2. The highest BCUT2D eigenvalue weighted by Gasteiger charge is 2.18. The van der Waals surface area contributed by atoms with E-state index in [1.54, 1.807) is 24.1 Å². The fourth-order valence-electron chi connectivity index (χ4n) is 2.87. The molecule has 2 aromatic carbocycles. The number of aromatic amines is 1. The minimum Gasteiger partial charge on any atom is -0.493 e. The summed E-state index contributed by atoms with van der Waals surface area (Å²) in [5.74, 6) is 0.361. The monoisotopic (exact) mass is 413 g/mol. The molecule has 0 aliphatic carbocycles. The predicted molar refractivity (Wildman–Crippen MR) is 111 cm³/mol. The van der Waals surface area contributed by atoms with Gasteiger partial charge in [0.25, 0.3) is 5.91 Å². The molecule has 1 heterocycles. The number of carbonyl (C=O) groups is 1. The van der Waals surface area contributed by atoms with Crippen molar-refractivity contribution in [3.8, 4) is 17.0 Å². The maximum Gasteiger partial charge on any atom is 0.257 e. The predicted octanol–water partition coefficient (Wildman–Crippen LogP) is 3.02. The van der Waals surface area contributed by atoms with Gasteiger partial charge in [0.05, 0.1) is 29.0 Å². The van der Waals surface area contributed by atoms with E-state index in [0.29, 0.717) is 36.6 Å². The minimum atomic E-state index is -3.27. The number of nitrogens with zero attached hydrogens (tertiary/aromatic N) is 2. The van der Waals surface area contributed by atoms with Crippen molar-refractivity contribution in [1.82, 2.24) is 15.1 Å². The third-order valence-electron chi connectivity index (χ3n) is 4.42. The van der Waals surface area contributed by atoms with Crippen LogP contribution in [-0.4, -0.2) is 55.9 Å². The third kappa shape index (κ3) is 5.23. The first-order valence-corrected chi connectivity index (χ1v) is 11.0. The number of carbonyl (C=O) groups excluding carboxylic acids is 1. The summed E-state index contributed by atoms with van der Waals surface area (Å²) < 4.78 is 28.9. The number of amides is 1. The summed E-state index contributed by atoms with van der Waals surface area (Å²) in [6, 6.07) is 16.0. The lowest BCUT2D eigenvalue weighted by Crippen LogP contribution is -2.28. The van der Waals surface area contributed by atoms with Crippen molar-refractivity contribution in [2.24, 2.45) is 0 Å². The first kappa shape index (κ1) is 20.6. The second-order valence-electron chi connectivity index (χ2n) is 6.70. The first-order chi connectivity index (χ1) is 13.9. The number of ether oxygens (including phenoxy) is 1. The van der Waals surface area contributed by atoms with Crippen molar-refractivity contribution in [2.45, 2.75) is 11.3 Å². The molecule has 0 bridgehead atoms. The molecule has 0 aliphatic rings. The molecule has 1 amide bonds. The summed E-state index contributed by atoms with van der Waals surface area (Å²) in [5.41, 5.74) is 2.10. The maximum atomic E-state index is 12.8. The van der Waals surface area contributed by atoms with E-state index in [2.05, 4.69) is 10.2 Å². The number of H-pyrrole nitrogens is 1. The van der Waals surface area contributed by atoms with Crippen LogP contribution in [0.25, 0.3) is 11.3 Å². The Morgan fingerprint density at radius 2 is 1.90 bits per heavy atom. The fraction of sp³-hybridized carbons (Fsp3) is 0.238. The molecular formula is C21H23N3O4S.